The van der Waals surface area contributed by atoms with E-state index in [1.807, 2.05) is 48.6 Å². The number of nitrogens with zero attached hydrogens (tertiary/aromatic N) is 4. The van der Waals surface area contributed by atoms with Gasteiger partial charge < -0.3 is 9.15 Å². The van der Waals surface area contributed by atoms with E-state index in [-0.39, 0.29) is 0 Å². The Labute approximate surface area is 135 Å². The zero-order chi connectivity index (χ0) is 15.6. The largest absolute Gasteiger partial charge is 0.496 e. The second-order valence-electron chi connectivity index (χ2n) is 4.71. The summed E-state index contributed by atoms with van der Waals surface area (Å²) in [5.74, 6) is 2.06. The maximum Gasteiger partial charge on any atom is 0.235 e. The van der Waals surface area contributed by atoms with E-state index in [2.05, 4.69) is 15.3 Å². The van der Waals surface area contributed by atoms with Crippen molar-refractivity contribution in [2.75, 3.05) is 7.11 Å². The Bertz CT molecular complexity index is 969. The van der Waals surface area contributed by atoms with Crippen molar-refractivity contribution >= 4 is 28.4 Å². The Balaban J connectivity index is 1.69. The molecule has 23 heavy (non-hydrogen) atoms. The molecule has 3 aromatic heterocycles. The van der Waals surface area contributed by atoms with E-state index in [9.17, 15) is 0 Å². The minimum absolute atomic E-state index is 0.596. The minimum atomic E-state index is 0.596. The summed E-state index contributed by atoms with van der Waals surface area (Å²) in [6.07, 6.45) is 5.51. The summed E-state index contributed by atoms with van der Waals surface area (Å²) >= 11 is 1.46. The quantitative estimate of drug-likeness (QED) is 0.573. The van der Waals surface area contributed by atoms with Crippen LogP contribution < -0.4 is 4.74 Å². The summed E-state index contributed by atoms with van der Waals surface area (Å²) in [4.78, 5) is 0.719. The van der Waals surface area contributed by atoms with Crippen LogP contribution in [0.3, 0.4) is 0 Å². The van der Waals surface area contributed by atoms with Crippen LogP contribution in [0, 0.1) is 0 Å². The monoisotopic (exact) mass is 324 g/mol. The number of ether oxygens (including phenoxy) is 1. The maximum absolute atomic E-state index is 5.36. The smallest absolute Gasteiger partial charge is 0.235 e. The lowest BCUT2D eigenvalue weighted by atomic mass is 10.2. The SMILES string of the molecule is COc1ccccc1/C=C\c1nn2c(-c3ccco3)nnc2s1. The molecule has 0 bridgehead atoms. The van der Waals surface area contributed by atoms with Crippen LogP contribution in [-0.2, 0) is 0 Å². The lowest BCUT2D eigenvalue weighted by Gasteiger charge is -2.02. The van der Waals surface area contributed by atoms with E-state index in [1.54, 1.807) is 17.9 Å². The lowest BCUT2D eigenvalue weighted by Crippen LogP contribution is -1.89. The number of fused-ring (bicyclic) bond motifs is 1. The molecule has 4 rings (SSSR count). The van der Waals surface area contributed by atoms with Crippen molar-refractivity contribution < 1.29 is 9.15 Å². The summed E-state index contributed by atoms with van der Waals surface area (Å²) in [6, 6.07) is 11.5. The van der Waals surface area contributed by atoms with Crippen molar-refractivity contribution in [3.8, 4) is 17.3 Å². The number of hydrogen-bond donors (Lipinski definition) is 0. The van der Waals surface area contributed by atoms with E-state index < -0.39 is 0 Å². The first-order valence-electron chi connectivity index (χ1n) is 6.92. The molecule has 0 saturated carbocycles. The molecular formula is C16H12N4O2S. The van der Waals surface area contributed by atoms with Crippen molar-refractivity contribution in [1.29, 1.82) is 0 Å². The maximum atomic E-state index is 5.36. The van der Waals surface area contributed by atoms with Crippen LogP contribution in [0.4, 0.5) is 0 Å². The third kappa shape index (κ3) is 2.51. The van der Waals surface area contributed by atoms with Crippen LogP contribution in [-0.4, -0.2) is 26.9 Å². The third-order valence-electron chi connectivity index (χ3n) is 3.29. The fourth-order valence-electron chi connectivity index (χ4n) is 2.22. The van der Waals surface area contributed by atoms with Gasteiger partial charge in [-0.3, -0.25) is 0 Å². The molecule has 1 aromatic carbocycles. The topological polar surface area (TPSA) is 65.5 Å². The number of hydrogen-bond acceptors (Lipinski definition) is 6. The Hall–Kier alpha value is -2.93. The summed E-state index contributed by atoms with van der Waals surface area (Å²) in [6.45, 7) is 0. The summed E-state index contributed by atoms with van der Waals surface area (Å²) < 4.78 is 12.4. The number of furan rings is 1. The molecule has 114 valence electrons. The molecule has 7 heteroatoms. The fourth-order valence-corrected chi connectivity index (χ4v) is 2.96. The highest BCUT2D eigenvalue weighted by Gasteiger charge is 2.14. The van der Waals surface area contributed by atoms with E-state index in [4.69, 9.17) is 9.15 Å². The molecule has 0 unspecified atom stereocenters. The summed E-state index contributed by atoms with van der Waals surface area (Å²) in [7, 11) is 1.66. The molecule has 0 radical (unpaired) electrons. The van der Waals surface area contributed by atoms with Crippen LogP contribution >= 0.6 is 11.3 Å². The van der Waals surface area contributed by atoms with Crippen molar-refractivity contribution in [2.45, 2.75) is 0 Å². The highest BCUT2D eigenvalue weighted by Crippen LogP contribution is 2.24. The van der Waals surface area contributed by atoms with Crippen LogP contribution in [0.15, 0.2) is 47.1 Å². The average Bonchev–Trinajstić information content (AvgIpc) is 3.29. The van der Waals surface area contributed by atoms with Gasteiger partial charge in [-0.25, -0.2) is 0 Å². The van der Waals surface area contributed by atoms with Crippen LogP contribution in [0.1, 0.15) is 10.6 Å². The van der Waals surface area contributed by atoms with Gasteiger partial charge in [0.05, 0.1) is 13.4 Å². The highest BCUT2D eigenvalue weighted by atomic mass is 32.1. The van der Waals surface area contributed by atoms with Crippen LogP contribution in [0.5, 0.6) is 5.75 Å². The Morgan fingerprint density at radius 2 is 2.04 bits per heavy atom. The van der Waals surface area contributed by atoms with Crippen molar-refractivity contribution in [3.05, 3.63) is 53.2 Å². The number of methoxy groups -OCH3 is 1. The molecule has 4 aromatic rings. The standard InChI is InChI=1S/C16H12N4O2S/c1-21-12-6-3-2-5-11(12)8-9-14-19-20-15(13-7-4-10-22-13)17-18-16(20)23-14/h2-10H,1H3/b9-8-. The third-order valence-corrected chi connectivity index (χ3v) is 4.16. The number of benzene rings is 1. The van der Waals surface area contributed by atoms with E-state index in [0.717, 1.165) is 21.3 Å². The van der Waals surface area contributed by atoms with Gasteiger partial charge in [0.2, 0.25) is 10.8 Å². The molecule has 0 N–H and O–H groups in total. The number of aromatic nitrogens is 4. The van der Waals surface area contributed by atoms with Gasteiger partial charge >= 0.3 is 0 Å². The molecule has 0 aliphatic rings. The highest BCUT2D eigenvalue weighted by molar-refractivity contribution is 7.17. The van der Waals surface area contributed by atoms with Gasteiger partial charge in [0.1, 0.15) is 10.8 Å². The predicted molar refractivity (Wildman–Crippen MR) is 88.3 cm³/mol. The van der Waals surface area contributed by atoms with Gasteiger partial charge in [-0.15, -0.1) is 10.2 Å². The molecule has 0 fully saturated rings. The molecule has 0 amide bonds. The molecular weight excluding hydrogens is 312 g/mol. The van der Waals surface area contributed by atoms with Crippen LogP contribution in [0.25, 0.3) is 28.7 Å². The number of para-hydroxylation sites is 1. The van der Waals surface area contributed by atoms with Gasteiger partial charge in [-0.05, 0) is 30.4 Å². The first kappa shape index (κ1) is 13.7. The first-order valence-corrected chi connectivity index (χ1v) is 7.74. The molecule has 0 saturated heterocycles. The Morgan fingerprint density at radius 1 is 1.13 bits per heavy atom. The zero-order valence-corrected chi connectivity index (χ0v) is 13.0. The van der Waals surface area contributed by atoms with E-state index >= 15 is 0 Å². The molecule has 0 aliphatic heterocycles. The molecule has 0 atom stereocenters. The van der Waals surface area contributed by atoms with Crippen molar-refractivity contribution in [1.82, 2.24) is 19.8 Å². The zero-order valence-electron chi connectivity index (χ0n) is 12.2. The lowest BCUT2D eigenvalue weighted by molar-refractivity contribution is 0.414. The minimum Gasteiger partial charge on any atom is -0.496 e. The van der Waals surface area contributed by atoms with Gasteiger partial charge in [0.15, 0.2) is 5.76 Å². The van der Waals surface area contributed by atoms with E-state index in [1.165, 1.54) is 11.3 Å². The molecule has 0 spiro atoms. The van der Waals surface area contributed by atoms with Crippen molar-refractivity contribution in [2.24, 2.45) is 0 Å². The Morgan fingerprint density at radius 3 is 2.87 bits per heavy atom. The molecule has 3 heterocycles. The predicted octanol–water partition coefficient (Wildman–Crippen LogP) is 3.62. The van der Waals surface area contributed by atoms with Gasteiger partial charge in [0, 0.05) is 5.56 Å². The summed E-state index contributed by atoms with van der Waals surface area (Å²) in [5.41, 5.74) is 0.993. The summed E-state index contributed by atoms with van der Waals surface area (Å²) in [5, 5.41) is 13.6. The fraction of sp³-hybridized carbons (Fsp3) is 0.0625. The average molecular weight is 324 g/mol. The second-order valence-corrected chi connectivity index (χ2v) is 5.70. The number of rotatable bonds is 4. The van der Waals surface area contributed by atoms with Gasteiger partial charge in [-0.1, -0.05) is 29.5 Å². The van der Waals surface area contributed by atoms with Gasteiger partial charge in [0.25, 0.3) is 0 Å². The molecule has 6 nitrogen and oxygen atoms in total. The molecule has 0 aliphatic carbocycles. The Kier molecular flexibility index (Phi) is 3.39. The van der Waals surface area contributed by atoms with Crippen LogP contribution in [0.2, 0.25) is 0 Å². The van der Waals surface area contributed by atoms with Gasteiger partial charge in [-0.2, -0.15) is 9.61 Å². The van der Waals surface area contributed by atoms with E-state index in [0.29, 0.717) is 11.6 Å². The normalized spacial score (nSPS) is 11.5. The second kappa shape index (κ2) is 5.69. The first-order chi connectivity index (χ1) is 11.3. The van der Waals surface area contributed by atoms with Crippen molar-refractivity contribution in [3.63, 3.8) is 0 Å².